The Morgan fingerprint density at radius 3 is 2.61 bits per heavy atom. The summed E-state index contributed by atoms with van der Waals surface area (Å²) < 4.78 is 13.4. The van der Waals surface area contributed by atoms with Crippen LogP contribution in [0.4, 0.5) is 0 Å². The van der Waals surface area contributed by atoms with E-state index >= 15 is 0 Å². The second-order valence-electron chi connectivity index (χ2n) is 9.18. The summed E-state index contributed by atoms with van der Waals surface area (Å²) >= 11 is 0. The van der Waals surface area contributed by atoms with Crippen molar-refractivity contribution in [1.29, 1.82) is 5.26 Å². The molecule has 2 heterocycles. The molecule has 7 heteroatoms. The van der Waals surface area contributed by atoms with E-state index in [2.05, 4.69) is 31.8 Å². The normalized spacial score (nSPS) is 11.5. The third kappa shape index (κ3) is 5.13. The van der Waals surface area contributed by atoms with Crippen LogP contribution in [0.15, 0.2) is 60.8 Å². The number of ether oxygens (including phenoxy) is 2. The standard InChI is InChI=1S/C26H28N4O2Si/c1-31-24-11-6-5-10-22(24)25-23-15-21(20-9-7-8-19(14-20)16-27)17-28-26(23)30(29-25)18-32-12-13-33(2,3)4/h5-11,14-15,17H,12-13,18H2,1-4H3. The molecule has 0 aliphatic carbocycles. The molecular weight excluding hydrogens is 428 g/mol. The zero-order valence-corrected chi connectivity index (χ0v) is 20.5. The maximum atomic E-state index is 9.28. The van der Waals surface area contributed by atoms with Gasteiger partial charge in [0, 0.05) is 37.4 Å². The summed E-state index contributed by atoms with van der Waals surface area (Å²) in [6.07, 6.45) is 1.82. The van der Waals surface area contributed by atoms with E-state index in [1.807, 2.05) is 53.3 Å². The topological polar surface area (TPSA) is 73.0 Å². The lowest BCUT2D eigenvalue weighted by atomic mass is 10.0. The Labute approximate surface area is 195 Å². The van der Waals surface area contributed by atoms with Crippen molar-refractivity contribution in [3.63, 3.8) is 0 Å². The molecule has 2 aromatic carbocycles. The minimum atomic E-state index is -1.17. The zero-order valence-electron chi connectivity index (χ0n) is 19.5. The molecule has 0 aliphatic rings. The molecule has 0 aliphatic heterocycles. The highest BCUT2D eigenvalue weighted by molar-refractivity contribution is 6.76. The van der Waals surface area contributed by atoms with Crippen molar-refractivity contribution in [3.8, 4) is 34.2 Å². The minimum absolute atomic E-state index is 0.340. The molecule has 33 heavy (non-hydrogen) atoms. The van der Waals surface area contributed by atoms with Crippen molar-refractivity contribution in [2.45, 2.75) is 32.4 Å². The predicted molar refractivity (Wildman–Crippen MR) is 134 cm³/mol. The number of rotatable bonds is 8. The first-order chi connectivity index (χ1) is 15.9. The maximum Gasteiger partial charge on any atom is 0.160 e. The van der Waals surface area contributed by atoms with E-state index in [-0.39, 0.29) is 0 Å². The monoisotopic (exact) mass is 456 g/mol. The van der Waals surface area contributed by atoms with Crippen LogP contribution in [0.25, 0.3) is 33.4 Å². The zero-order chi connectivity index (χ0) is 23.4. The van der Waals surface area contributed by atoms with Gasteiger partial charge in [0.15, 0.2) is 5.65 Å². The van der Waals surface area contributed by atoms with Gasteiger partial charge in [0.1, 0.15) is 18.2 Å². The number of nitriles is 1. The Morgan fingerprint density at radius 1 is 1.03 bits per heavy atom. The Hall–Kier alpha value is -3.47. The Morgan fingerprint density at radius 2 is 1.85 bits per heavy atom. The summed E-state index contributed by atoms with van der Waals surface area (Å²) in [4.78, 5) is 4.75. The first-order valence-corrected chi connectivity index (χ1v) is 14.7. The molecule has 2 aromatic heterocycles. The third-order valence-corrected chi connectivity index (χ3v) is 7.19. The molecule has 0 N–H and O–H groups in total. The summed E-state index contributed by atoms with van der Waals surface area (Å²) in [5.41, 5.74) is 4.93. The lowest BCUT2D eigenvalue weighted by Gasteiger charge is -2.15. The first-order valence-electron chi connectivity index (χ1n) is 11.0. The predicted octanol–water partition coefficient (Wildman–Crippen LogP) is 5.96. The van der Waals surface area contributed by atoms with Gasteiger partial charge in [-0.05, 0) is 41.9 Å². The Balaban J connectivity index is 1.78. The van der Waals surface area contributed by atoms with E-state index in [4.69, 9.17) is 19.6 Å². The van der Waals surface area contributed by atoms with Gasteiger partial charge in [-0.25, -0.2) is 9.67 Å². The number of hydrogen-bond acceptors (Lipinski definition) is 5. The molecule has 0 saturated carbocycles. The highest BCUT2D eigenvalue weighted by Gasteiger charge is 2.18. The lowest BCUT2D eigenvalue weighted by Crippen LogP contribution is -2.22. The second-order valence-corrected chi connectivity index (χ2v) is 14.8. The van der Waals surface area contributed by atoms with Gasteiger partial charge in [0.05, 0.1) is 18.7 Å². The fourth-order valence-electron chi connectivity index (χ4n) is 3.64. The van der Waals surface area contributed by atoms with Crippen LogP contribution in [0.3, 0.4) is 0 Å². The summed E-state index contributed by atoms with van der Waals surface area (Å²) in [5, 5.41) is 15.1. The number of para-hydroxylation sites is 1. The fraction of sp³-hybridized carbons (Fsp3) is 0.269. The molecule has 0 unspecified atom stereocenters. The molecule has 0 bridgehead atoms. The van der Waals surface area contributed by atoms with E-state index in [0.29, 0.717) is 18.9 Å². The van der Waals surface area contributed by atoms with Crippen LogP contribution in [0.5, 0.6) is 5.75 Å². The van der Waals surface area contributed by atoms with E-state index in [1.54, 1.807) is 13.2 Å². The van der Waals surface area contributed by atoms with Gasteiger partial charge in [-0.2, -0.15) is 10.4 Å². The maximum absolute atomic E-state index is 9.28. The largest absolute Gasteiger partial charge is 0.496 e. The van der Waals surface area contributed by atoms with Gasteiger partial charge < -0.3 is 9.47 Å². The third-order valence-electron chi connectivity index (χ3n) is 5.48. The molecule has 0 saturated heterocycles. The average Bonchev–Trinajstić information content (AvgIpc) is 3.19. The minimum Gasteiger partial charge on any atom is -0.496 e. The van der Waals surface area contributed by atoms with E-state index < -0.39 is 8.07 Å². The molecule has 0 spiro atoms. The van der Waals surface area contributed by atoms with Gasteiger partial charge >= 0.3 is 0 Å². The van der Waals surface area contributed by atoms with Crippen LogP contribution < -0.4 is 4.74 Å². The van der Waals surface area contributed by atoms with Gasteiger partial charge in [0.2, 0.25) is 0 Å². The Kier molecular flexibility index (Phi) is 6.59. The molecule has 0 fully saturated rings. The van der Waals surface area contributed by atoms with Crippen LogP contribution in [0.1, 0.15) is 5.56 Å². The van der Waals surface area contributed by atoms with Gasteiger partial charge in [-0.3, -0.25) is 0 Å². The van der Waals surface area contributed by atoms with Crippen LogP contribution in [0.2, 0.25) is 25.7 Å². The van der Waals surface area contributed by atoms with Crippen molar-refractivity contribution in [2.75, 3.05) is 13.7 Å². The van der Waals surface area contributed by atoms with Gasteiger partial charge in [0.25, 0.3) is 0 Å². The fourth-order valence-corrected chi connectivity index (χ4v) is 4.40. The van der Waals surface area contributed by atoms with Crippen LogP contribution >= 0.6 is 0 Å². The van der Waals surface area contributed by atoms with Crippen LogP contribution in [-0.4, -0.2) is 36.6 Å². The van der Waals surface area contributed by atoms with Crippen molar-refractivity contribution in [3.05, 3.63) is 66.4 Å². The highest BCUT2D eigenvalue weighted by Crippen LogP contribution is 2.35. The van der Waals surface area contributed by atoms with Crippen molar-refractivity contribution in [2.24, 2.45) is 0 Å². The molecule has 0 atom stereocenters. The number of fused-ring (bicyclic) bond motifs is 1. The quantitative estimate of drug-likeness (QED) is 0.242. The number of hydrogen-bond donors (Lipinski definition) is 0. The summed E-state index contributed by atoms with van der Waals surface area (Å²) in [5.74, 6) is 0.751. The van der Waals surface area contributed by atoms with Crippen LogP contribution in [-0.2, 0) is 11.5 Å². The van der Waals surface area contributed by atoms with E-state index in [1.165, 1.54) is 0 Å². The molecule has 4 aromatic rings. The smallest absolute Gasteiger partial charge is 0.160 e. The molecule has 6 nitrogen and oxygen atoms in total. The number of aromatic nitrogens is 3. The number of benzene rings is 2. The van der Waals surface area contributed by atoms with E-state index in [9.17, 15) is 5.26 Å². The van der Waals surface area contributed by atoms with Gasteiger partial charge in [-0.15, -0.1) is 0 Å². The Bertz CT molecular complexity index is 1320. The lowest BCUT2D eigenvalue weighted by molar-refractivity contribution is 0.0814. The molecule has 0 amide bonds. The molecule has 4 rings (SSSR count). The van der Waals surface area contributed by atoms with E-state index in [0.717, 1.165) is 45.2 Å². The number of pyridine rings is 1. The SMILES string of the molecule is COc1ccccc1-c1nn(COCC[Si](C)(C)C)c2ncc(-c3cccc(C#N)c3)cc12. The molecule has 0 radical (unpaired) electrons. The summed E-state index contributed by atoms with van der Waals surface area (Å²) in [6.45, 7) is 8.06. The number of nitrogens with zero attached hydrogens (tertiary/aromatic N) is 4. The molecule has 168 valence electrons. The second kappa shape index (κ2) is 9.57. The van der Waals surface area contributed by atoms with Crippen molar-refractivity contribution in [1.82, 2.24) is 14.8 Å². The van der Waals surface area contributed by atoms with Crippen molar-refractivity contribution < 1.29 is 9.47 Å². The average molecular weight is 457 g/mol. The highest BCUT2D eigenvalue weighted by atomic mass is 28.3. The van der Waals surface area contributed by atoms with Crippen LogP contribution in [0, 0.1) is 11.3 Å². The summed E-state index contributed by atoms with van der Waals surface area (Å²) in [7, 11) is 0.490. The number of methoxy groups -OCH3 is 1. The summed E-state index contributed by atoms with van der Waals surface area (Å²) in [6, 6.07) is 20.8. The van der Waals surface area contributed by atoms with Crippen molar-refractivity contribution >= 4 is 19.1 Å². The molecular formula is C26H28N4O2Si. The van der Waals surface area contributed by atoms with Gasteiger partial charge in [-0.1, -0.05) is 43.9 Å². The first kappa shape index (κ1) is 22.7.